The molecule has 3 rings (SSSR count). The van der Waals surface area contributed by atoms with E-state index in [0.717, 1.165) is 22.6 Å². The molecule has 1 heterocycles. The summed E-state index contributed by atoms with van der Waals surface area (Å²) >= 11 is 0. The number of benzene rings is 2. The fourth-order valence-electron chi connectivity index (χ4n) is 3.49. The van der Waals surface area contributed by atoms with Crippen molar-refractivity contribution in [2.45, 2.75) is 52.7 Å². The maximum atomic E-state index is 12.5. The van der Waals surface area contributed by atoms with Crippen LogP contribution in [0.3, 0.4) is 0 Å². The molecule has 0 bridgehead atoms. The minimum absolute atomic E-state index is 0.113. The second-order valence-electron chi connectivity index (χ2n) is 8.69. The van der Waals surface area contributed by atoms with Crippen LogP contribution in [-0.4, -0.2) is 27.5 Å². The van der Waals surface area contributed by atoms with Crippen LogP contribution in [0.2, 0.25) is 0 Å². The summed E-state index contributed by atoms with van der Waals surface area (Å²) in [5.41, 5.74) is 4.33. The molecular weight excluding hydrogens is 388 g/mol. The van der Waals surface area contributed by atoms with E-state index in [1.807, 2.05) is 51.1 Å². The number of aromatic nitrogens is 1. The van der Waals surface area contributed by atoms with Crippen LogP contribution >= 0.6 is 0 Å². The van der Waals surface area contributed by atoms with E-state index < -0.39 is 11.6 Å². The van der Waals surface area contributed by atoms with Crippen LogP contribution in [0.4, 0.5) is 0 Å². The number of esters is 1. The molecule has 5 nitrogen and oxygen atoms in total. The zero-order valence-corrected chi connectivity index (χ0v) is 18.8. The van der Waals surface area contributed by atoms with Crippen molar-refractivity contribution in [1.29, 1.82) is 0 Å². The van der Waals surface area contributed by atoms with Crippen molar-refractivity contribution in [3.8, 4) is 11.4 Å². The van der Waals surface area contributed by atoms with E-state index >= 15 is 0 Å². The zero-order chi connectivity index (χ0) is 22.6. The van der Waals surface area contributed by atoms with E-state index in [1.54, 1.807) is 24.4 Å². The number of ether oxygens (including phenoxy) is 1. The second kappa shape index (κ2) is 9.21. The Kier molecular flexibility index (Phi) is 6.64. The Hall–Kier alpha value is -3.34. The Balaban J connectivity index is 1.90. The molecule has 3 aromatic rings. The number of nitrogens with zero attached hydrogens (tertiary/aromatic N) is 2. The summed E-state index contributed by atoms with van der Waals surface area (Å²) in [7, 11) is 0. The summed E-state index contributed by atoms with van der Waals surface area (Å²) in [5, 5.41) is 10.0. The highest BCUT2D eigenvalue weighted by Gasteiger charge is 2.21. The minimum Gasteiger partial charge on any atom is -0.507 e. The molecule has 1 N–H and O–H groups in total. The molecule has 0 amide bonds. The van der Waals surface area contributed by atoms with Crippen molar-refractivity contribution in [1.82, 2.24) is 4.57 Å². The molecule has 0 radical (unpaired) electrons. The number of hydrogen-bond acceptors (Lipinski definition) is 4. The van der Waals surface area contributed by atoms with Crippen LogP contribution in [0.25, 0.3) is 5.69 Å². The molecule has 0 saturated carbocycles. The van der Waals surface area contributed by atoms with Crippen LogP contribution in [-0.2, 0) is 9.53 Å². The molecule has 162 valence electrons. The van der Waals surface area contributed by atoms with Gasteiger partial charge in [-0.1, -0.05) is 24.3 Å². The number of phenols is 1. The number of aromatic hydroxyl groups is 1. The number of hydrogen-bond donors (Lipinski definition) is 1. The highest BCUT2D eigenvalue weighted by atomic mass is 16.6. The van der Waals surface area contributed by atoms with Crippen LogP contribution in [0, 0.1) is 13.8 Å². The average molecular weight is 419 g/mol. The highest BCUT2D eigenvalue weighted by molar-refractivity contribution is 5.83. The predicted octanol–water partition coefficient (Wildman–Crippen LogP) is 5.69. The van der Waals surface area contributed by atoms with Gasteiger partial charge in [0.25, 0.3) is 0 Å². The minimum atomic E-state index is -0.559. The lowest BCUT2D eigenvalue weighted by Crippen LogP contribution is -2.24. The smallest absolute Gasteiger partial charge is 0.308 e. The molecule has 0 aliphatic carbocycles. The fourth-order valence-corrected chi connectivity index (χ4v) is 3.49. The van der Waals surface area contributed by atoms with E-state index in [2.05, 4.69) is 35.5 Å². The van der Waals surface area contributed by atoms with Crippen molar-refractivity contribution in [2.24, 2.45) is 4.99 Å². The molecule has 0 aliphatic rings. The first-order valence-electron chi connectivity index (χ1n) is 10.4. The van der Waals surface area contributed by atoms with E-state index in [1.165, 1.54) is 0 Å². The normalized spacial score (nSPS) is 12.8. The van der Waals surface area contributed by atoms with Gasteiger partial charge in [-0.2, -0.15) is 0 Å². The molecule has 0 fully saturated rings. The van der Waals surface area contributed by atoms with Gasteiger partial charge in [0.05, 0.1) is 12.5 Å². The van der Waals surface area contributed by atoms with Crippen LogP contribution in [0.15, 0.2) is 65.7 Å². The van der Waals surface area contributed by atoms with Gasteiger partial charge in [0.15, 0.2) is 0 Å². The third-order valence-corrected chi connectivity index (χ3v) is 4.92. The summed E-state index contributed by atoms with van der Waals surface area (Å²) in [6, 6.07) is 18.8. The molecule has 5 heteroatoms. The van der Waals surface area contributed by atoms with E-state index in [9.17, 15) is 9.90 Å². The van der Waals surface area contributed by atoms with Crippen molar-refractivity contribution < 1.29 is 14.6 Å². The molecule has 0 unspecified atom stereocenters. The average Bonchev–Trinajstić information content (AvgIpc) is 3.03. The SMILES string of the molecule is Cc1ccc(C)n1-c1ccc([C@H](CC(=O)OC(C)(C)C)N=Cc2ccccc2O)cc1. The summed E-state index contributed by atoms with van der Waals surface area (Å²) in [4.78, 5) is 17.1. The highest BCUT2D eigenvalue weighted by Crippen LogP contribution is 2.26. The Morgan fingerprint density at radius 2 is 1.65 bits per heavy atom. The van der Waals surface area contributed by atoms with E-state index in [0.29, 0.717) is 5.56 Å². The second-order valence-corrected chi connectivity index (χ2v) is 8.69. The van der Waals surface area contributed by atoms with Crippen molar-refractivity contribution in [2.75, 3.05) is 0 Å². The van der Waals surface area contributed by atoms with Gasteiger partial charge in [-0.15, -0.1) is 0 Å². The first-order valence-corrected chi connectivity index (χ1v) is 10.4. The molecule has 0 saturated heterocycles. The van der Waals surface area contributed by atoms with Crippen LogP contribution in [0.1, 0.15) is 55.7 Å². The first-order chi connectivity index (χ1) is 14.6. The molecule has 0 aliphatic heterocycles. The topological polar surface area (TPSA) is 63.8 Å². The molecule has 1 aromatic heterocycles. The van der Waals surface area contributed by atoms with Gasteiger partial charge in [0.2, 0.25) is 0 Å². The Bertz CT molecular complexity index is 1050. The lowest BCUT2D eigenvalue weighted by molar-refractivity contribution is -0.155. The summed E-state index contributed by atoms with van der Waals surface area (Å²) in [6.45, 7) is 9.69. The Labute approximate surface area is 184 Å². The monoisotopic (exact) mass is 418 g/mol. The van der Waals surface area contributed by atoms with Gasteiger partial charge in [-0.05, 0) is 76.6 Å². The molecule has 31 heavy (non-hydrogen) atoms. The number of carbonyl (C=O) groups excluding carboxylic acids is 1. The van der Waals surface area contributed by atoms with Gasteiger partial charge < -0.3 is 14.4 Å². The third kappa shape index (κ3) is 5.85. The summed E-state index contributed by atoms with van der Waals surface area (Å²) < 4.78 is 7.69. The Morgan fingerprint density at radius 1 is 1.03 bits per heavy atom. The molecule has 2 aromatic carbocycles. The number of aryl methyl sites for hydroxylation is 2. The number of phenolic OH excluding ortho intramolecular Hbond substituents is 1. The van der Waals surface area contributed by atoms with Crippen LogP contribution < -0.4 is 0 Å². The maximum absolute atomic E-state index is 12.5. The number of aliphatic imine (C=N–C) groups is 1. The van der Waals surface area contributed by atoms with Gasteiger partial charge >= 0.3 is 5.97 Å². The number of carbonyl (C=O) groups is 1. The van der Waals surface area contributed by atoms with Crippen molar-refractivity contribution in [3.63, 3.8) is 0 Å². The standard InChI is InChI=1S/C26H30N2O3/c1-18-10-11-19(2)28(18)22-14-12-20(13-15-22)23(16-25(30)31-26(3,4)5)27-17-21-8-6-7-9-24(21)29/h6-15,17,23,29H,16H2,1-5H3/t23-/m0/s1. The first kappa shape index (κ1) is 22.3. The summed E-state index contributed by atoms with van der Waals surface area (Å²) in [5.74, 6) is -0.163. The van der Waals surface area contributed by atoms with Gasteiger partial charge in [0, 0.05) is 28.9 Å². The van der Waals surface area contributed by atoms with Gasteiger partial charge in [-0.25, -0.2) is 0 Å². The van der Waals surface area contributed by atoms with Gasteiger partial charge in [-0.3, -0.25) is 9.79 Å². The van der Waals surface area contributed by atoms with Crippen molar-refractivity contribution >= 4 is 12.2 Å². The molecule has 1 atom stereocenters. The zero-order valence-electron chi connectivity index (χ0n) is 18.8. The lowest BCUT2D eigenvalue weighted by atomic mass is 10.0. The van der Waals surface area contributed by atoms with E-state index in [4.69, 9.17) is 4.74 Å². The third-order valence-electron chi connectivity index (χ3n) is 4.92. The van der Waals surface area contributed by atoms with E-state index in [-0.39, 0.29) is 18.1 Å². The predicted molar refractivity (Wildman–Crippen MR) is 124 cm³/mol. The number of rotatable bonds is 6. The Morgan fingerprint density at radius 3 is 2.23 bits per heavy atom. The number of para-hydroxylation sites is 1. The lowest BCUT2D eigenvalue weighted by Gasteiger charge is -2.21. The molecular formula is C26H30N2O3. The largest absolute Gasteiger partial charge is 0.507 e. The van der Waals surface area contributed by atoms with Crippen molar-refractivity contribution in [3.05, 3.63) is 83.2 Å². The van der Waals surface area contributed by atoms with Crippen LogP contribution in [0.5, 0.6) is 5.75 Å². The van der Waals surface area contributed by atoms with Gasteiger partial charge in [0.1, 0.15) is 11.4 Å². The fraction of sp³-hybridized carbons (Fsp3) is 0.308. The maximum Gasteiger partial charge on any atom is 0.308 e. The summed E-state index contributed by atoms with van der Waals surface area (Å²) in [6.07, 6.45) is 1.72. The quantitative estimate of drug-likeness (QED) is 0.413. The molecule has 0 spiro atoms.